The summed E-state index contributed by atoms with van der Waals surface area (Å²) in [5.74, 6) is 0. The Hall–Kier alpha value is -6.39. The summed E-state index contributed by atoms with van der Waals surface area (Å²) >= 11 is 0. The summed E-state index contributed by atoms with van der Waals surface area (Å²) in [5.41, 5.74) is 12.6. The lowest BCUT2D eigenvalue weighted by Gasteiger charge is -2.12. The van der Waals surface area contributed by atoms with Crippen molar-refractivity contribution in [1.29, 1.82) is 0 Å². The smallest absolute Gasteiger partial charge is 0.0619 e. The average Bonchev–Trinajstić information content (AvgIpc) is 3.50. The maximum absolute atomic E-state index is 4.58. The van der Waals surface area contributed by atoms with E-state index in [4.69, 9.17) is 0 Å². The second-order valence-electron chi connectivity index (χ2n) is 11.8. The predicted octanol–water partition coefficient (Wildman–Crippen LogP) is 10.8. The third-order valence-electron chi connectivity index (χ3n) is 9.05. The Morgan fingerprint density at radius 1 is 0.362 bits per heavy atom. The van der Waals surface area contributed by atoms with Crippen molar-refractivity contribution in [3.63, 3.8) is 0 Å². The van der Waals surface area contributed by atoms with Crippen LogP contribution in [0.3, 0.4) is 0 Å². The van der Waals surface area contributed by atoms with E-state index >= 15 is 0 Å². The van der Waals surface area contributed by atoms with Crippen LogP contribution in [0.1, 0.15) is 0 Å². The van der Waals surface area contributed by atoms with E-state index in [-0.39, 0.29) is 0 Å². The van der Waals surface area contributed by atoms with E-state index in [2.05, 4.69) is 141 Å². The quantitative estimate of drug-likeness (QED) is 0.197. The summed E-state index contributed by atoms with van der Waals surface area (Å²) in [7, 11) is 0. The first-order valence-corrected chi connectivity index (χ1v) is 15.7. The Kier molecular flexibility index (Phi) is 6.43. The van der Waals surface area contributed by atoms with Crippen LogP contribution in [0.2, 0.25) is 0 Å². The third-order valence-corrected chi connectivity index (χ3v) is 9.05. The van der Waals surface area contributed by atoms with E-state index in [1.807, 2.05) is 49.3 Å². The molecule has 0 amide bonds. The van der Waals surface area contributed by atoms with Crippen LogP contribution in [-0.4, -0.2) is 19.5 Å². The molecule has 0 fully saturated rings. The molecule has 4 nitrogen and oxygen atoms in total. The molecule has 0 saturated carbocycles. The minimum absolute atomic E-state index is 1.08. The van der Waals surface area contributed by atoms with Gasteiger partial charge in [0.15, 0.2) is 0 Å². The number of hydrogen-bond donors (Lipinski definition) is 0. The molecule has 0 unspecified atom stereocenters. The topological polar surface area (TPSA) is 43.6 Å². The van der Waals surface area contributed by atoms with Gasteiger partial charge in [0.1, 0.15) is 0 Å². The Bertz CT molecular complexity index is 2550. The number of nitrogens with zero attached hydrogens (tertiary/aromatic N) is 4. The maximum atomic E-state index is 4.58. The fraction of sp³-hybridized carbons (Fsp3) is 0. The van der Waals surface area contributed by atoms with Crippen LogP contribution >= 0.6 is 0 Å². The third kappa shape index (κ3) is 4.75. The lowest BCUT2D eigenvalue weighted by Crippen LogP contribution is -1.94. The van der Waals surface area contributed by atoms with Crippen molar-refractivity contribution in [2.45, 2.75) is 0 Å². The minimum atomic E-state index is 1.08. The first-order valence-electron chi connectivity index (χ1n) is 15.7. The second-order valence-corrected chi connectivity index (χ2v) is 11.8. The number of pyridine rings is 3. The molecule has 4 heterocycles. The van der Waals surface area contributed by atoms with Crippen LogP contribution in [0.25, 0.3) is 82.8 Å². The maximum Gasteiger partial charge on any atom is 0.0619 e. The SMILES string of the molecule is c1ccc(-n2c3cc(-c4cccc(-c5ccncc5)c4)ccc3c3ccc4cc(-c5cncc(-c6ccncc6)c5)ccc4c32)cc1. The molecule has 4 aromatic heterocycles. The second kappa shape index (κ2) is 11.2. The molecule has 5 aromatic carbocycles. The van der Waals surface area contributed by atoms with Crippen molar-refractivity contribution in [3.05, 3.63) is 171 Å². The lowest BCUT2D eigenvalue weighted by molar-refractivity contribution is 1.19. The van der Waals surface area contributed by atoms with Crippen molar-refractivity contribution in [1.82, 2.24) is 19.5 Å². The highest BCUT2D eigenvalue weighted by molar-refractivity contribution is 6.19. The number of benzene rings is 5. The Labute approximate surface area is 272 Å². The summed E-state index contributed by atoms with van der Waals surface area (Å²) in [5, 5.41) is 4.88. The molecule has 9 aromatic rings. The summed E-state index contributed by atoms with van der Waals surface area (Å²) in [4.78, 5) is 12.9. The minimum Gasteiger partial charge on any atom is -0.309 e. The summed E-state index contributed by atoms with van der Waals surface area (Å²) < 4.78 is 2.43. The number of hydrogen-bond acceptors (Lipinski definition) is 3. The van der Waals surface area contributed by atoms with Gasteiger partial charge in [-0.3, -0.25) is 15.0 Å². The molecule has 4 heteroatoms. The van der Waals surface area contributed by atoms with Crippen LogP contribution in [0.15, 0.2) is 171 Å². The normalized spacial score (nSPS) is 11.4. The zero-order chi connectivity index (χ0) is 31.2. The van der Waals surface area contributed by atoms with Gasteiger partial charge in [0, 0.05) is 70.2 Å². The van der Waals surface area contributed by atoms with Crippen LogP contribution in [0.5, 0.6) is 0 Å². The van der Waals surface area contributed by atoms with E-state index in [0.29, 0.717) is 0 Å². The first kappa shape index (κ1) is 27.0. The zero-order valence-corrected chi connectivity index (χ0v) is 25.5. The summed E-state index contributed by atoms with van der Waals surface area (Å²) in [6.45, 7) is 0. The summed E-state index contributed by atoms with van der Waals surface area (Å²) in [6.07, 6.45) is 11.2. The van der Waals surface area contributed by atoms with Gasteiger partial charge in [0.2, 0.25) is 0 Å². The Morgan fingerprint density at radius 2 is 0.936 bits per heavy atom. The molecule has 0 aliphatic carbocycles. The molecule has 0 spiro atoms. The molecule has 220 valence electrons. The zero-order valence-electron chi connectivity index (χ0n) is 25.5. The van der Waals surface area contributed by atoms with E-state index in [9.17, 15) is 0 Å². The molecule has 0 saturated heterocycles. The predicted molar refractivity (Wildman–Crippen MR) is 193 cm³/mol. The number of para-hydroxylation sites is 1. The molecule has 9 rings (SSSR count). The molecule has 47 heavy (non-hydrogen) atoms. The molecular weight excluding hydrogens is 573 g/mol. The fourth-order valence-electron chi connectivity index (χ4n) is 6.76. The van der Waals surface area contributed by atoms with Crippen molar-refractivity contribution in [2.24, 2.45) is 0 Å². The van der Waals surface area contributed by atoms with Crippen molar-refractivity contribution < 1.29 is 0 Å². The van der Waals surface area contributed by atoms with Crippen LogP contribution in [-0.2, 0) is 0 Å². The molecule has 0 N–H and O–H groups in total. The van der Waals surface area contributed by atoms with Crippen molar-refractivity contribution >= 4 is 32.6 Å². The standard InChI is InChI=1S/C43H28N4/c1-2-7-38(8-3-1)47-42-26-34(32-6-4-5-31(23-32)29-15-19-44-20-16-29)10-13-40(42)41-14-11-35-24-33(9-12-39(35)43(41)47)37-25-36(27-46-28-37)30-17-21-45-22-18-30/h1-28H. The van der Waals surface area contributed by atoms with E-state index < -0.39 is 0 Å². The van der Waals surface area contributed by atoms with E-state index in [1.54, 1.807) is 0 Å². The van der Waals surface area contributed by atoms with Gasteiger partial charge in [-0.05, 0) is 99.4 Å². The van der Waals surface area contributed by atoms with Crippen molar-refractivity contribution in [3.8, 4) is 50.2 Å². The molecule has 0 aliphatic heterocycles. The largest absolute Gasteiger partial charge is 0.309 e. The molecule has 0 bridgehead atoms. The van der Waals surface area contributed by atoms with Crippen molar-refractivity contribution in [2.75, 3.05) is 0 Å². The van der Waals surface area contributed by atoms with Crippen LogP contribution in [0.4, 0.5) is 0 Å². The van der Waals surface area contributed by atoms with Crippen LogP contribution < -0.4 is 0 Å². The monoisotopic (exact) mass is 600 g/mol. The van der Waals surface area contributed by atoms with Gasteiger partial charge >= 0.3 is 0 Å². The molecule has 0 atom stereocenters. The van der Waals surface area contributed by atoms with Gasteiger partial charge in [-0.25, -0.2) is 0 Å². The Morgan fingerprint density at radius 3 is 1.68 bits per heavy atom. The fourth-order valence-corrected chi connectivity index (χ4v) is 6.76. The van der Waals surface area contributed by atoms with Crippen LogP contribution in [0, 0.1) is 0 Å². The highest BCUT2D eigenvalue weighted by Crippen LogP contribution is 2.40. The van der Waals surface area contributed by atoms with Gasteiger partial charge in [-0.2, -0.15) is 0 Å². The highest BCUT2D eigenvalue weighted by Gasteiger charge is 2.17. The van der Waals surface area contributed by atoms with Gasteiger partial charge < -0.3 is 4.57 Å². The molecule has 0 aliphatic rings. The Balaban J connectivity index is 1.23. The van der Waals surface area contributed by atoms with E-state index in [1.165, 1.54) is 49.3 Å². The average molecular weight is 601 g/mol. The molecule has 0 radical (unpaired) electrons. The van der Waals surface area contributed by atoms with Gasteiger partial charge in [0.05, 0.1) is 11.0 Å². The number of fused-ring (bicyclic) bond motifs is 5. The molecular formula is C43H28N4. The van der Waals surface area contributed by atoms with Gasteiger partial charge in [-0.1, -0.05) is 72.8 Å². The van der Waals surface area contributed by atoms with Gasteiger partial charge in [-0.15, -0.1) is 0 Å². The lowest BCUT2D eigenvalue weighted by atomic mass is 9.97. The summed E-state index contributed by atoms with van der Waals surface area (Å²) in [6, 6.07) is 47.9. The van der Waals surface area contributed by atoms with Gasteiger partial charge in [0.25, 0.3) is 0 Å². The number of rotatable bonds is 5. The number of aromatic nitrogens is 4. The highest BCUT2D eigenvalue weighted by atomic mass is 15.0. The van der Waals surface area contributed by atoms with E-state index in [0.717, 1.165) is 33.5 Å². The first-order chi connectivity index (χ1) is 23.3.